The van der Waals surface area contributed by atoms with Crippen molar-refractivity contribution < 1.29 is 19.7 Å². The molecule has 0 aromatic heterocycles. The summed E-state index contributed by atoms with van der Waals surface area (Å²) in [5, 5.41) is 18.7. The summed E-state index contributed by atoms with van der Waals surface area (Å²) in [6.45, 7) is 2.13. The van der Waals surface area contributed by atoms with Crippen LogP contribution < -0.4 is 0 Å². The molecule has 0 aromatic carbocycles. The second-order valence-electron chi connectivity index (χ2n) is 6.72. The van der Waals surface area contributed by atoms with Crippen LogP contribution in [-0.2, 0) is 9.53 Å². The Hall–Kier alpha value is -1.39. The molecule has 0 spiro atoms. The lowest BCUT2D eigenvalue weighted by Gasteiger charge is -2.24. The number of carboxylic acids is 1. The van der Waals surface area contributed by atoms with Crippen molar-refractivity contribution in [2.75, 3.05) is 0 Å². The SMILES string of the molecule is CCC=CCC1OC2C(O)CC1C2C=CCC=CCCCC(=O)O. The Morgan fingerprint density at radius 3 is 2.79 bits per heavy atom. The van der Waals surface area contributed by atoms with Gasteiger partial charge < -0.3 is 14.9 Å². The van der Waals surface area contributed by atoms with Gasteiger partial charge in [0.25, 0.3) is 0 Å². The van der Waals surface area contributed by atoms with Crippen molar-refractivity contribution in [1.82, 2.24) is 0 Å². The Bertz CT molecular complexity index is 480. The van der Waals surface area contributed by atoms with Crippen LogP contribution in [0, 0.1) is 11.8 Å². The molecule has 4 nitrogen and oxygen atoms in total. The number of carbonyl (C=O) groups is 1. The van der Waals surface area contributed by atoms with E-state index in [0.717, 1.165) is 32.1 Å². The number of aliphatic carboxylic acids is 1. The minimum absolute atomic E-state index is 0.0502. The number of ether oxygens (including phenoxy) is 1. The maximum Gasteiger partial charge on any atom is 0.303 e. The summed E-state index contributed by atoms with van der Waals surface area (Å²) in [6.07, 6.45) is 18.1. The van der Waals surface area contributed by atoms with Crippen LogP contribution in [0.1, 0.15) is 51.9 Å². The van der Waals surface area contributed by atoms with Crippen LogP contribution in [0.5, 0.6) is 0 Å². The highest BCUT2D eigenvalue weighted by Gasteiger charge is 2.52. The molecule has 4 heteroatoms. The number of rotatable bonds is 10. The molecule has 5 unspecified atom stereocenters. The van der Waals surface area contributed by atoms with Crippen LogP contribution in [0.4, 0.5) is 0 Å². The molecular formula is C20H30O4. The summed E-state index contributed by atoms with van der Waals surface area (Å²) in [4.78, 5) is 10.4. The van der Waals surface area contributed by atoms with Gasteiger partial charge in [-0.15, -0.1) is 0 Å². The van der Waals surface area contributed by atoms with Gasteiger partial charge >= 0.3 is 5.97 Å². The number of aliphatic hydroxyl groups is 1. The Morgan fingerprint density at radius 2 is 2.04 bits per heavy atom. The summed E-state index contributed by atoms with van der Waals surface area (Å²) in [5.74, 6) is 0.00429. The molecular weight excluding hydrogens is 304 g/mol. The van der Waals surface area contributed by atoms with E-state index >= 15 is 0 Å². The number of unbranched alkanes of at least 4 members (excludes halogenated alkanes) is 1. The Labute approximate surface area is 144 Å². The molecule has 134 valence electrons. The number of aliphatic hydroxyl groups excluding tert-OH is 1. The molecule has 0 radical (unpaired) electrons. The third-order valence-corrected chi connectivity index (χ3v) is 4.91. The van der Waals surface area contributed by atoms with Crippen molar-refractivity contribution in [1.29, 1.82) is 0 Å². The summed E-state index contributed by atoms with van der Waals surface area (Å²) in [6, 6.07) is 0. The molecule has 1 aliphatic carbocycles. The maximum atomic E-state index is 10.4. The molecule has 2 aliphatic rings. The molecule has 24 heavy (non-hydrogen) atoms. The predicted molar refractivity (Wildman–Crippen MR) is 94.7 cm³/mol. The van der Waals surface area contributed by atoms with Gasteiger partial charge in [0.05, 0.1) is 18.3 Å². The van der Waals surface area contributed by atoms with Gasteiger partial charge in [-0.3, -0.25) is 4.79 Å². The van der Waals surface area contributed by atoms with Crippen LogP contribution >= 0.6 is 0 Å². The van der Waals surface area contributed by atoms with Crippen LogP contribution in [0.15, 0.2) is 36.5 Å². The zero-order valence-corrected chi connectivity index (χ0v) is 14.5. The lowest BCUT2D eigenvalue weighted by atomic mass is 9.90. The highest BCUT2D eigenvalue weighted by molar-refractivity contribution is 5.66. The minimum atomic E-state index is -0.734. The average molecular weight is 334 g/mol. The third-order valence-electron chi connectivity index (χ3n) is 4.91. The van der Waals surface area contributed by atoms with E-state index in [9.17, 15) is 9.90 Å². The summed E-state index contributed by atoms with van der Waals surface area (Å²) >= 11 is 0. The molecule has 2 rings (SSSR count). The molecule has 2 fully saturated rings. The molecule has 1 saturated carbocycles. The van der Waals surface area contributed by atoms with Gasteiger partial charge in [0.2, 0.25) is 0 Å². The fourth-order valence-corrected chi connectivity index (χ4v) is 3.73. The molecule has 5 atom stereocenters. The van der Waals surface area contributed by atoms with E-state index in [4.69, 9.17) is 9.84 Å². The first kappa shape index (κ1) is 18.9. The topological polar surface area (TPSA) is 66.8 Å². The highest BCUT2D eigenvalue weighted by atomic mass is 16.5. The van der Waals surface area contributed by atoms with Crippen molar-refractivity contribution >= 4 is 5.97 Å². The van der Waals surface area contributed by atoms with Crippen molar-refractivity contribution in [2.24, 2.45) is 11.8 Å². The predicted octanol–water partition coefficient (Wildman–Crippen LogP) is 3.86. The van der Waals surface area contributed by atoms with E-state index in [0.29, 0.717) is 18.3 Å². The molecule has 0 aromatic rings. The average Bonchev–Trinajstić information content (AvgIpc) is 3.03. The molecule has 1 aliphatic heterocycles. The van der Waals surface area contributed by atoms with Gasteiger partial charge in [-0.25, -0.2) is 0 Å². The lowest BCUT2D eigenvalue weighted by molar-refractivity contribution is -0.137. The monoisotopic (exact) mass is 334 g/mol. The first-order valence-corrected chi connectivity index (χ1v) is 9.15. The second kappa shape index (κ2) is 9.80. The van der Waals surface area contributed by atoms with E-state index in [1.54, 1.807) is 0 Å². The zero-order valence-electron chi connectivity index (χ0n) is 14.5. The Balaban J connectivity index is 1.74. The summed E-state index contributed by atoms with van der Waals surface area (Å²) in [5.41, 5.74) is 0. The third kappa shape index (κ3) is 5.32. The van der Waals surface area contributed by atoms with E-state index in [1.165, 1.54) is 0 Å². The van der Waals surface area contributed by atoms with Crippen LogP contribution in [0.25, 0.3) is 0 Å². The first-order valence-electron chi connectivity index (χ1n) is 9.15. The van der Waals surface area contributed by atoms with E-state index in [2.05, 4.69) is 37.3 Å². The Kier molecular flexibility index (Phi) is 7.73. The van der Waals surface area contributed by atoms with E-state index in [-0.39, 0.29) is 24.7 Å². The van der Waals surface area contributed by atoms with Crippen molar-refractivity contribution in [3.05, 3.63) is 36.5 Å². The van der Waals surface area contributed by atoms with Crippen LogP contribution in [-0.4, -0.2) is 34.5 Å². The van der Waals surface area contributed by atoms with Crippen LogP contribution in [0.2, 0.25) is 0 Å². The summed E-state index contributed by atoms with van der Waals surface area (Å²) in [7, 11) is 0. The van der Waals surface area contributed by atoms with Crippen molar-refractivity contribution in [3.8, 4) is 0 Å². The maximum absolute atomic E-state index is 10.4. The Morgan fingerprint density at radius 1 is 1.21 bits per heavy atom. The van der Waals surface area contributed by atoms with Gasteiger partial charge in [0.15, 0.2) is 0 Å². The number of hydrogen-bond acceptors (Lipinski definition) is 3. The number of hydrogen-bond donors (Lipinski definition) is 2. The lowest BCUT2D eigenvalue weighted by Crippen LogP contribution is -2.30. The first-order chi connectivity index (χ1) is 11.6. The van der Waals surface area contributed by atoms with Crippen molar-refractivity contribution in [2.45, 2.75) is 70.2 Å². The number of fused-ring (bicyclic) bond motifs is 2. The number of carboxylic acid groups (broad SMARTS) is 1. The molecule has 1 heterocycles. The van der Waals surface area contributed by atoms with Crippen LogP contribution in [0.3, 0.4) is 0 Å². The van der Waals surface area contributed by atoms with Crippen molar-refractivity contribution in [3.63, 3.8) is 0 Å². The normalized spacial score (nSPS) is 32.7. The molecule has 2 bridgehead atoms. The van der Waals surface area contributed by atoms with Gasteiger partial charge in [-0.2, -0.15) is 0 Å². The minimum Gasteiger partial charge on any atom is -0.481 e. The standard InChI is InChI=1S/C20H30O4/c1-2-3-8-12-18-16-14-17(21)20(24-18)15(16)11-9-6-4-5-7-10-13-19(22)23/h3-5,8-9,11,15-18,20-21H,2,6-7,10,12-14H2,1H3,(H,22,23). The fraction of sp³-hybridized carbons (Fsp3) is 0.650. The van der Waals surface area contributed by atoms with E-state index in [1.807, 2.05) is 6.08 Å². The van der Waals surface area contributed by atoms with Gasteiger partial charge in [-0.1, -0.05) is 43.4 Å². The molecule has 0 amide bonds. The number of allylic oxidation sites excluding steroid dienone is 4. The van der Waals surface area contributed by atoms with E-state index < -0.39 is 5.97 Å². The van der Waals surface area contributed by atoms with Gasteiger partial charge in [0, 0.05) is 12.3 Å². The smallest absolute Gasteiger partial charge is 0.303 e. The zero-order chi connectivity index (χ0) is 17.4. The quantitative estimate of drug-likeness (QED) is 0.470. The fourth-order valence-electron chi connectivity index (χ4n) is 3.73. The molecule has 1 saturated heterocycles. The second-order valence-corrected chi connectivity index (χ2v) is 6.72. The molecule has 2 N–H and O–H groups in total. The highest BCUT2D eigenvalue weighted by Crippen LogP contribution is 2.47. The van der Waals surface area contributed by atoms with Gasteiger partial charge in [0.1, 0.15) is 0 Å². The van der Waals surface area contributed by atoms with Gasteiger partial charge in [-0.05, 0) is 44.4 Å². The largest absolute Gasteiger partial charge is 0.481 e. The summed E-state index contributed by atoms with van der Waals surface area (Å²) < 4.78 is 6.04.